The average molecular weight is 720 g/mol. The molecular formula is C32H33Cl2F5N4O5. The van der Waals surface area contributed by atoms with Gasteiger partial charge in [-0.15, -0.1) is 10.2 Å². The van der Waals surface area contributed by atoms with Gasteiger partial charge in [0.1, 0.15) is 23.6 Å². The number of amides is 1. The quantitative estimate of drug-likeness (QED) is 0.140. The van der Waals surface area contributed by atoms with Crippen molar-refractivity contribution in [2.75, 3.05) is 20.2 Å². The van der Waals surface area contributed by atoms with E-state index < -0.39 is 53.1 Å². The van der Waals surface area contributed by atoms with E-state index in [1.807, 2.05) is 0 Å². The van der Waals surface area contributed by atoms with Crippen LogP contribution in [0.15, 0.2) is 36.4 Å². The van der Waals surface area contributed by atoms with Crippen molar-refractivity contribution in [2.24, 2.45) is 5.92 Å². The van der Waals surface area contributed by atoms with E-state index >= 15 is 0 Å². The number of likely N-dealkylation sites (tertiary alicyclic amines) is 1. The molecule has 9 nitrogen and oxygen atoms in total. The van der Waals surface area contributed by atoms with Crippen LogP contribution < -0.4 is 4.74 Å². The molecule has 2 aliphatic rings. The molecule has 3 aromatic rings. The molecule has 0 bridgehead atoms. The fraction of sp³-hybridized carbons (Fsp3) is 0.500. The molecule has 0 unspecified atom stereocenters. The summed E-state index contributed by atoms with van der Waals surface area (Å²) < 4.78 is 89.3. The first kappa shape index (κ1) is 35.8. The van der Waals surface area contributed by atoms with Crippen molar-refractivity contribution in [3.63, 3.8) is 0 Å². The van der Waals surface area contributed by atoms with Crippen LogP contribution in [0.3, 0.4) is 0 Å². The van der Waals surface area contributed by atoms with E-state index in [1.165, 1.54) is 19.2 Å². The molecule has 260 valence electrons. The number of esters is 1. The zero-order valence-electron chi connectivity index (χ0n) is 26.4. The van der Waals surface area contributed by atoms with E-state index in [2.05, 4.69) is 10.2 Å². The van der Waals surface area contributed by atoms with Crippen molar-refractivity contribution in [3.05, 3.63) is 69.8 Å². The smallest absolute Gasteiger partial charge is 0.416 e. The summed E-state index contributed by atoms with van der Waals surface area (Å²) >= 11 is 12.0. The summed E-state index contributed by atoms with van der Waals surface area (Å²) in [6.07, 6.45) is -6.78. The number of alkyl halides is 6. The number of ether oxygens (including phenoxy) is 3. The average Bonchev–Trinajstić information content (AvgIpc) is 3.39. The second kappa shape index (κ2) is 13.4. The molecule has 1 amide bonds. The number of carbonyl (C=O) groups is 2. The predicted molar refractivity (Wildman–Crippen MR) is 164 cm³/mol. The number of halogens is 7. The number of methoxy groups -OCH3 is 1. The monoisotopic (exact) mass is 718 g/mol. The topological polar surface area (TPSA) is 95.8 Å². The molecule has 0 radical (unpaired) electrons. The van der Waals surface area contributed by atoms with Crippen molar-refractivity contribution in [2.45, 2.75) is 75.8 Å². The molecule has 1 aromatic heterocycles. The Bertz CT molecular complexity index is 1680. The number of aromatic nitrogens is 3. The van der Waals surface area contributed by atoms with Gasteiger partial charge in [-0.25, -0.2) is 0 Å². The highest BCUT2D eigenvalue weighted by molar-refractivity contribution is 6.33. The maximum atomic E-state index is 14.7. The van der Waals surface area contributed by atoms with Crippen molar-refractivity contribution in [1.82, 2.24) is 19.7 Å². The zero-order valence-corrected chi connectivity index (χ0v) is 27.9. The van der Waals surface area contributed by atoms with E-state index in [-0.39, 0.29) is 51.7 Å². The van der Waals surface area contributed by atoms with Crippen molar-refractivity contribution >= 4 is 35.1 Å². The van der Waals surface area contributed by atoms with Crippen LogP contribution in [0.2, 0.25) is 5.02 Å². The second-order valence-corrected chi connectivity index (χ2v) is 13.5. The maximum absolute atomic E-state index is 14.7. The fourth-order valence-corrected chi connectivity index (χ4v) is 6.35. The third-order valence-electron chi connectivity index (χ3n) is 8.11. The summed E-state index contributed by atoms with van der Waals surface area (Å²) in [4.78, 5) is 27.6. The Morgan fingerprint density at radius 1 is 1.00 bits per heavy atom. The Labute approximate surface area is 283 Å². The lowest BCUT2D eigenvalue weighted by atomic mass is 9.93. The maximum Gasteiger partial charge on any atom is 0.416 e. The largest absolute Gasteiger partial charge is 0.495 e. The van der Waals surface area contributed by atoms with Crippen molar-refractivity contribution < 1.29 is 45.8 Å². The third kappa shape index (κ3) is 7.70. The van der Waals surface area contributed by atoms with E-state index in [0.717, 1.165) is 22.8 Å². The first-order valence-electron chi connectivity index (χ1n) is 15.1. The Balaban J connectivity index is 1.52. The number of nitrogens with zero attached hydrogens (tertiary/aromatic N) is 4. The Kier molecular flexibility index (Phi) is 10.0. The second-order valence-electron chi connectivity index (χ2n) is 12.7. The highest BCUT2D eigenvalue weighted by Crippen LogP contribution is 2.47. The van der Waals surface area contributed by atoms with Gasteiger partial charge in [0.15, 0.2) is 5.82 Å². The first-order chi connectivity index (χ1) is 22.4. The van der Waals surface area contributed by atoms with Crippen molar-refractivity contribution in [1.29, 1.82) is 0 Å². The number of hydrogen-bond acceptors (Lipinski definition) is 7. The molecule has 16 heteroatoms. The molecule has 0 spiro atoms. The van der Waals surface area contributed by atoms with Gasteiger partial charge in [-0.2, -0.15) is 22.0 Å². The molecule has 3 heterocycles. The summed E-state index contributed by atoms with van der Waals surface area (Å²) in [5, 5.41) is 3.39. The lowest BCUT2D eigenvalue weighted by Crippen LogP contribution is -2.40. The lowest BCUT2D eigenvalue weighted by molar-refractivity contribution is -0.156. The number of piperidine rings is 1. The normalized spacial score (nSPS) is 18.9. The van der Waals surface area contributed by atoms with E-state index in [1.54, 1.807) is 31.7 Å². The van der Waals surface area contributed by atoms with Crippen LogP contribution in [0.1, 0.15) is 87.0 Å². The van der Waals surface area contributed by atoms with Crippen molar-refractivity contribution in [3.8, 4) is 11.4 Å². The summed E-state index contributed by atoms with van der Waals surface area (Å²) in [6, 6.07) is 7.08. The molecule has 2 atom stereocenters. The van der Waals surface area contributed by atoms with Crippen LogP contribution in [-0.4, -0.2) is 57.3 Å². The minimum Gasteiger partial charge on any atom is -0.495 e. The zero-order chi connectivity index (χ0) is 35.2. The van der Waals surface area contributed by atoms with Gasteiger partial charge >= 0.3 is 17.5 Å². The SMILES string of the molecule is COc1cccc([C@H]2O[C@H](CC(=O)N3CCC(CC(=O)OC(C)(C)C)CC3)c3nnc(C(F)(F)Cl)n3-c3ccc(C(F)(F)F)cc32)c1Cl. The number of fused-ring (bicyclic) bond motifs is 3. The van der Waals surface area contributed by atoms with E-state index in [4.69, 9.17) is 37.4 Å². The van der Waals surface area contributed by atoms with Gasteiger partial charge in [-0.05, 0) is 75.4 Å². The Morgan fingerprint density at radius 3 is 2.29 bits per heavy atom. The summed E-state index contributed by atoms with van der Waals surface area (Å²) in [5.74, 6) is -1.92. The van der Waals surface area contributed by atoms with Gasteiger partial charge in [0.05, 0.1) is 29.8 Å². The van der Waals surface area contributed by atoms with Crippen LogP contribution in [0.4, 0.5) is 22.0 Å². The number of benzene rings is 2. The van der Waals surface area contributed by atoms with Crippen LogP contribution in [0.5, 0.6) is 5.75 Å². The van der Waals surface area contributed by atoms with E-state index in [0.29, 0.717) is 25.9 Å². The predicted octanol–water partition coefficient (Wildman–Crippen LogP) is 7.76. The summed E-state index contributed by atoms with van der Waals surface area (Å²) in [7, 11) is 1.35. The molecule has 5 rings (SSSR count). The molecule has 48 heavy (non-hydrogen) atoms. The van der Waals surface area contributed by atoms with Gasteiger partial charge in [0, 0.05) is 30.6 Å². The van der Waals surface area contributed by atoms with E-state index in [9.17, 15) is 31.5 Å². The van der Waals surface area contributed by atoms with Crippen LogP contribution in [-0.2, 0) is 30.6 Å². The number of carbonyl (C=O) groups excluding carboxylic acids is 2. The van der Waals surface area contributed by atoms with Gasteiger partial charge in [0.2, 0.25) is 11.7 Å². The first-order valence-corrected chi connectivity index (χ1v) is 15.8. The molecule has 0 aliphatic carbocycles. The highest BCUT2D eigenvalue weighted by atomic mass is 35.5. The molecule has 2 aromatic carbocycles. The number of rotatable bonds is 7. The molecular weight excluding hydrogens is 686 g/mol. The molecule has 0 saturated carbocycles. The summed E-state index contributed by atoms with van der Waals surface area (Å²) in [5.41, 5.74) is -1.90. The Morgan fingerprint density at radius 2 is 1.69 bits per heavy atom. The molecule has 0 N–H and O–H groups in total. The Hall–Kier alpha value is -3.49. The minimum absolute atomic E-state index is 0.00561. The van der Waals surface area contributed by atoms with Crippen LogP contribution >= 0.6 is 23.2 Å². The molecule has 1 saturated heterocycles. The lowest BCUT2D eigenvalue weighted by Gasteiger charge is -2.33. The van der Waals surface area contributed by atoms with Crippen LogP contribution in [0, 0.1) is 5.92 Å². The molecule has 2 aliphatic heterocycles. The van der Waals surface area contributed by atoms with Gasteiger partial charge in [0.25, 0.3) is 0 Å². The fourth-order valence-electron chi connectivity index (χ4n) is 5.93. The summed E-state index contributed by atoms with van der Waals surface area (Å²) in [6.45, 7) is 5.94. The van der Waals surface area contributed by atoms with Crippen LogP contribution in [0.25, 0.3) is 5.69 Å². The van der Waals surface area contributed by atoms with Gasteiger partial charge in [-0.1, -0.05) is 23.7 Å². The number of hydrogen-bond donors (Lipinski definition) is 0. The minimum atomic E-state index is -4.80. The highest BCUT2D eigenvalue weighted by Gasteiger charge is 2.44. The third-order valence-corrected chi connectivity index (χ3v) is 8.68. The molecule has 1 fully saturated rings. The van der Waals surface area contributed by atoms with Gasteiger partial charge < -0.3 is 19.1 Å². The van der Waals surface area contributed by atoms with Gasteiger partial charge in [-0.3, -0.25) is 14.2 Å². The standard InChI is InChI=1S/C32H33Cl2F5N4O5/c1-30(2,3)48-25(45)14-17-10-12-42(13-11-17)24(44)16-23-28-40-41-29(31(34,35)36)43(28)21-9-8-18(32(37,38)39)15-20(21)27(47-23)19-6-5-7-22(46-4)26(19)33/h5-9,15,17,23,27H,10-14,16H2,1-4H3/t23-,27-/m1/s1.